The Morgan fingerprint density at radius 2 is 1.92 bits per heavy atom. The van der Waals surface area contributed by atoms with Gasteiger partial charge in [0.2, 0.25) is 0 Å². The Hall–Kier alpha value is -1.82. The molecule has 1 aromatic rings. The van der Waals surface area contributed by atoms with Gasteiger partial charge >= 0.3 is 6.03 Å². The topological polar surface area (TPSA) is 77.5 Å². The SMILES string of the molecule is CC1CCN(c2ccc(CNC(=O)NC3CCC(O)CC3)cn2)CC1. The molecule has 0 radical (unpaired) electrons. The van der Waals surface area contributed by atoms with Crippen molar-refractivity contribution >= 4 is 11.8 Å². The van der Waals surface area contributed by atoms with Crippen molar-refractivity contribution in [1.29, 1.82) is 0 Å². The summed E-state index contributed by atoms with van der Waals surface area (Å²) in [6.07, 6.45) is 7.33. The molecule has 2 heterocycles. The summed E-state index contributed by atoms with van der Waals surface area (Å²) in [6.45, 7) is 4.93. The smallest absolute Gasteiger partial charge is 0.315 e. The molecule has 3 rings (SSSR count). The Bertz CT molecular complexity index is 547. The number of carbonyl (C=O) groups is 1. The van der Waals surface area contributed by atoms with E-state index in [0.29, 0.717) is 6.54 Å². The maximum absolute atomic E-state index is 12.0. The van der Waals surface area contributed by atoms with Gasteiger partial charge in [0.15, 0.2) is 0 Å². The van der Waals surface area contributed by atoms with Gasteiger partial charge in [-0.15, -0.1) is 0 Å². The Morgan fingerprint density at radius 1 is 1.20 bits per heavy atom. The number of urea groups is 1. The molecule has 1 aliphatic carbocycles. The molecule has 2 amide bonds. The number of anilines is 1. The molecule has 2 aliphatic rings. The number of aromatic nitrogens is 1. The van der Waals surface area contributed by atoms with Crippen molar-refractivity contribution < 1.29 is 9.90 Å². The molecule has 0 atom stereocenters. The predicted octanol–water partition coefficient (Wildman–Crippen LogP) is 2.42. The van der Waals surface area contributed by atoms with Crippen LogP contribution in [-0.2, 0) is 6.54 Å². The van der Waals surface area contributed by atoms with E-state index in [1.807, 2.05) is 18.3 Å². The van der Waals surface area contributed by atoms with Crippen LogP contribution < -0.4 is 15.5 Å². The average molecular weight is 346 g/mol. The zero-order valence-electron chi connectivity index (χ0n) is 15.1. The van der Waals surface area contributed by atoms with Gasteiger partial charge in [0.25, 0.3) is 0 Å². The van der Waals surface area contributed by atoms with E-state index < -0.39 is 0 Å². The van der Waals surface area contributed by atoms with Gasteiger partial charge in [-0.1, -0.05) is 13.0 Å². The number of aliphatic hydroxyl groups is 1. The molecule has 3 N–H and O–H groups in total. The monoisotopic (exact) mass is 346 g/mol. The highest BCUT2D eigenvalue weighted by atomic mass is 16.3. The third kappa shape index (κ3) is 5.33. The molecule has 0 aromatic carbocycles. The fraction of sp³-hybridized carbons (Fsp3) is 0.684. The van der Waals surface area contributed by atoms with Crippen LogP contribution >= 0.6 is 0 Å². The van der Waals surface area contributed by atoms with Crippen LogP contribution in [0.15, 0.2) is 18.3 Å². The first-order valence-corrected chi connectivity index (χ1v) is 9.52. The molecule has 1 aliphatic heterocycles. The second-order valence-corrected chi connectivity index (χ2v) is 7.53. The lowest BCUT2D eigenvalue weighted by atomic mass is 9.93. The first-order valence-electron chi connectivity index (χ1n) is 9.52. The molecular formula is C19H30N4O2. The van der Waals surface area contributed by atoms with E-state index in [4.69, 9.17) is 0 Å². The summed E-state index contributed by atoms with van der Waals surface area (Å²) in [5, 5.41) is 15.4. The van der Waals surface area contributed by atoms with Crippen LogP contribution in [0.3, 0.4) is 0 Å². The van der Waals surface area contributed by atoms with E-state index in [0.717, 1.165) is 56.1 Å². The molecule has 1 aromatic heterocycles. The highest BCUT2D eigenvalue weighted by Crippen LogP contribution is 2.21. The van der Waals surface area contributed by atoms with Gasteiger partial charge in [-0.05, 0) is 56.1 Å². The molecular weight excluding hydrogens is 316 g/mol. The molecule has 1 saturated heterocycles. The van der Waals surface area contributed by atoms with Crippen molar-refractivity contribution in [2.24, 2.45) is 5.92 Å². The molecule has 0 bridgehead atoms. The van der Waals surface area contributed by atoms with Gasteiger partial charge in [-0.25, -0.2) is 9.78 Å². The number of nitrogens with one attached hydrogen (secondary N) is 2. The zero-order chi connectivity index (χ0) is 17.6. The van der Waals surface area contributed by atoms with E-state index in [1.54, 1.807) is 0 Å². The van der Waals surface area contributed by atoms with E-state index in [1.165, 1.54) is 12.8 Å². The highest BCUT2D eigenvalue weighted by Gasteiger charge is 2.20. The van der Waals surface area contributed by atoms with Crippen molar-refractivity contribution in [3.8, 4) is 0 Å². The fourth-order valence-corrected chi connectivity index (χ4v) is 3.58. The van der Waals surface area contributed by atoms with E-state index in [-0.39, 0.29) is 18.2 Å². The minimum absolute atomic E-state index is 0.143. The number of hydrogen-bond acceptors (Lipinski definition) is 4. The van der Waals surface area contributed by atoms with Crippen LogP contribution in [0, 0.1) is 5.92 Å². The molecule has 2 fully saturated rings. The predicted molar refractivity (Wildman–Crippen MR) is 98.5 cm³/mol. The van der Waals surface area contributed by atoms with Gasteiger partial charge in [-0.3, -0.25) is 0 Å². The molecule has 138 valence electrons. The third-order valence-corrected chi connectivity index (χ3v) is 5.40. The Labute approximate surface area is 150 Å². The lowest BCUT2D eigenvalue weighted by Gasteiger charge is -2.31. The van der Waals surface area contributed by atoms with Crippen LogP contribution in [0.1, 0.15) is 51.0 Å². The maximum Gasteiger partial charge on any atom is 0.315 e. The fourth-order valence-electron chi connectivity index (χ4n) is 3.58. The number of amides is 2. The van der Waals surface area contributed by atoms with Gasteiger partial charge in [0.05, 0.1) is 6.10 Å². The average Bonchev–Trinajstić information content (AvgIpc) is 2.63. The summed E-state index contributed by atoms with van der Waals surface area (Å²) < 4.78 is 0. The lowest BCUT2D eigenvalue weighted by molar-refractivity contribution is 0.117. The minimum Gasteiger partial charge on any atom is -0.393 e. The second-order valence-electron chi connectivity index (χ2n) is 7.53. The Balaban J connectivity index is 1.41. The van der Waals surface area contributed by atoms with Crippen LogP contribution in [0.2, 0.25) is 0 Å². The summed E-state index contributed by atoms with van der Waals surface area (Å²) in [5.74, 6) is 1.84. The zero-order valence-corrected chi connectivity index (χ0v) is 15.1. The lowest BCUT2D eigenvalue weighted by Crippen LogP contribution is -2.43. The summed E-state index contributed by atoms with van der Waals surface area (Å²) in [4.78, 5) is 18.9. The number of hydrogen-bond donors (Lipinski definition) is 3. The standard InChI is InChI=1S/C19H30N4O2/c1-14-8-10-23(11-9-14)18-7-2-15(12-20-18)13-21-19(25)22-16-3-5-17(24)6-4-16/h2,7,12,14,16-17,24H,3-6,8-11,13H2,1H3,(H2,21,22,25). The third-order valence-electron chi connectivity index (χ3n) is 5.40. The second kappa shape index (κ2) is 8.52. The van der Waals surface area contributed by atoms with Crippen LogP contribution in [-0.4, -0.2) is 41.4 Å². The number of aliphatic hydroxyl groups excluding tert-OH is 1. The summed E-state index contributed by atoms with van der Waals surface area (Å²) in [6, 6.07) is 4.12. The van der Waals surface area contributed by atoms with Crippen molar-refractivity contribution in [3.63, 3.8) is 0 Å². The van der Waals surface area contributed by atoms with Gasteiger partial charge in [-0.2, -0.15) is 0 Å². The number of pyridine rings is 1. The minimum atomic E-state index is -0.200. The van der Waals surface area contributed by atoms with E-state index >= 15 is 0 Å². The molecule has 6 nitrogen and oxygen atoms in total. The van der Waals surface area contributed by atoms with Crippen LogP contribution in [0.25, 0.3) is 0 Å². The molecule has 6 heteroatoms. The van der Waals surface area contributed by atoms with Gasteiger partial charge in [0.1, 0.15) is 5.82 Å². The van der Waals surface area contributed by atoms with Gasteiger partial charge in [0, 0.05) is 31.9 Å². The van der Waals surface area contributed by atoms with Crippen molar-refractivity contribution in [2.45, 2.75) is 64.1 Å². The number of carbonyl (C=O) groups excluding carboxylic acids is 1. The van der Waals surface area contributed by atoms with E-state index in [9.17, 15) is 9.90 Å². The number of nitrogens with zero attached hydrogens (tertiary/aromatic N) is 2. The van der Waals surface area contributed by atoms with E-state index in [2.05, 4.69) is 27.4 Å². The largest absolute Gasteiger partial charge is 0.393 e. The Morgan fingerprint density at radius 3 is 2.56 bits per heavy atom. The quantitative estimate of drug-likeness (QED) is 0.782. The normalized spacial score (nSPS) is 24.8. The van der Waals surface area contributed by atoms with Gasteiger partial charge < -0.3 is 20.6 Å². The van der Waals surface area contributed by atoms with Crippen LogP contribution in [0.4, 0.5) is 10.6 Å². The maximum atomic E-state index is 12.0. The van der Waals surface area contributed by atoms with Crippen molar-refractivity contribution in [1.82, 2.24) is 15.6 Å². The van der Waals surface area contributed by atoms with Crippen molar-refractivity contribution in [2.75, 3.05) is 18.0 Å². The summed E-state index contributed by atoms with van der Waals surface area (Å²) in [5.41, 5.74) is 1.00. The molecule has 0 spiro atoms. The number of rotatable bonds is 4. The highest BCUT2D eigenvalue weighted by molar-refractivity contribution is 5.74. The molecule has 25 heavy (non-hydrogen) atoms. The van der Waals surface area contributed by atoms with Crippen LogP contribution in [0.5, 0.6) is 0 Å². The molecule has 0 unspecified atom stereocenters. The Kier molecular flexibility index (Phi) is 6.13. The summed E-state index contributed by atoms with van der Waals surface area (Å²) >= 11 is 0. The summed E-state index contributed by atoms with van der Waals surface area (Å²) in [7, 11) is 0. The number of piperidine rings is 1. The molecule has 1 saturated carbocycles. The van der Waals surface area contributed by atoms with Crippen molar-refractivity contribution in [3.05, 3.63) is 23.9 Å². The first-order chi connectivity index (χ1) is 12.1. The first kappa shape index (κ1) is 18.0.